The van der Waals surface area contributed by atoms with Crippen LogP contribution >= 0.6 is 11.6 Å². The van der Waals surface area contributed by atoms with Crippen LogP contribution in [0.25, 0.3) is 11.0 Å². The number of carbonyl (C=O) groups excluding carboxylic acids is 2. The molecule has 1 amide bonds. The van der Waals surface area contributed by atoms with Gasteiger partial charge in [0.25, 0.3) is 5.91 Å². The van der Waals surface area contributed by atoms with E-state index >= 15 is 0 Å². The highest BCUT2D eigenvalue weighted by Crippen LogP contribution is 2.38. The summed E-state index contributed by atoms with van der Waals surface area (Å²) in [5.74, 6) is 0.609. The fourth-order valence-electron chi connectivity index (χ4n) is 6.29. The first-order valence-corrected chi connectivity index (χ1v) is 16.6. The first-order chi connectivity index (χ1) is 22.3. The van der Waals surface area contributed by atoms with Crippen LogP contribution in [-0.2, 0) is 29.5 Å². The van der Waals surface area contributed by atoms with Crippen LogP contribution in [0, 0.1) is 0 Å². The Kier molecular flexibility index (Phi) is 11.2. The largest absolute Gasteiger partial charge is 0.494 e. The van der Waals surface area contributed by atoms with Gasteiger partial charge >= 0.3 is 5.97 Å². The summed E-state index contributed by atoms with van der Waals surface area (Å²) in [5.41, 5.74) is 6.02. The molecule has 0 spiro atoms. The van der Waals surface area contributed by atoms with Gasteiger partial charge in [-0.1, -0.05) is 67.6 Å². The highest BCUT2D eigenvalue weighted by atomic mass is 35.5. The molecule has 10 heteroatoms. The third-order valence-corrected chi connectivity index (χ3v) is 8.95. The molecular weight excluding hydrogens is 604 g/mol. The molecule has 244 valence electrons. The van der Waals surface area contributed by atoms with Crippen LogP contribution in [0.5, 0.6) is 11.5 Å². The maximum absolute atomic E-state index is 13.7. The van der Waals surface area contributed by atoms with E-state index in [4.69, 9.17) is 25.8 Å². The van der Waals surface area contributed by atoms with Gasteiger partial charge in [0.2, 0.25) is 0 Å². The van der Waals surface area contributed by atoms with Crippen molar-refractivity contribution in [2.24, 2.45) is 7.05 Å². The number of aromatic nitrogens is 3. The Labute approximate surface area is 275 Å². The number of unbranched alkanes of at least 4 members (excludes halogenated alkanes) is 4. The fourth-order valence-corrected chi connectivity index (χ4v) is 6.54. The molecule has 0 fully saturated rings. The van der Waals surface area contributed by atoms with Crippen LogP contribution in [-0.4, -0.2) is 58.6 Å². The number of rotatable bonds is 14. The maximum Gasteiger partial charge on any atom is 0.306 e. The second-order valence-electron chi connectivity index (χ2n) is 11.7. The van der Waals surface area contributed by atoms with Gasteiger partial charge in [-0.25, -0.2) is 4.68 Å². The van der Waals surface area contributed by atoms with Crippen molar-refractivity contribution < 1.29 is 23.8 Å². The predicted molar refractivity (Wildman–Crippen MR) is 179 cm³/mol. The molecule has 0 saturated carbocycles. The first kappa shape index (κ1) is 33.3. The van der Waals surface area contributed by atoms with Gasteiger partial charge in [-0.15, -0.1) is 5.10 Å². The van der Waals surface area contributed by atoms with Crippen molar-refractivity contribution in [1.29, 1.82) is 0 Å². The zero-order valence-electron chi connectivity index (χ0n) is 27.2. The van der Waals surface area contributed by atoms with Crippen LogP contribution in [0.2, 0.25) is 5.02 Å². The van der Waals surface area contributed by atoms with E-state index in [0.717, 1.165) is 40.6 Å². The Bertz CT molecular complexity index is 1690. The molecule has 1 aliphatic rings. The Morgan fingerprint density at radius 1 is 1.04 bits per heavy atom. The molecule has 0 saturated heterocycles. The Morgan fingerprint density at radius 3 is 2.63 bits per heavy atom. The lowest BCUT2D eigenvalue weighted by molar-refractivity contribution is -0.143. The Balaban J connectivity index is 1.37. The summed E-state index contributed by atoms with van der Waals surface area (Å²) in [4.78, 5) is 28.4. The molecule has 0 radical (unpaired) electrons. The minimum atomic E-state index is -0.301. The topological polar surface area (TPSA) is 95.8 Å². The highest BCUT2D eigenvalue weighted by molar-refractivity contribution is 6.34. The van der Waals surface area contributed by atoms with Crippen molar-refractivity contribution in [3.63, 3.8) is 0 Å². The zero-order valence-corrected chi connectivity index (χ0v) is 27.9. The van der Waals surface area contributed by atoms with Crippen LogP contribution in [0.3, 0.4) is 0 Å². The van der Waals surface area contributed by atoms with Crippen molar-refractivity contribution in [3.05, 3.63) is 81.4 Å². The van der Waals surface area contributed by atoms with Crippen LogP contribution in [0.1, 0.15) is 90.9 Å². The number of hydrogen-bond acceptors (Lipinski definition) is 7. The highest BCUT2D eigenvalue weighted by Gasteiger charge is 2.29. The molecule has 1 aromatic heterocycles. The van der Waals surface area contributed by atoms with Gasteiger partial charge in [0.1, 0.15) is 22.5 Å². The van der Waals surface area contributed by atoms with E-state index in [-0.39, 0.29) is 24.2 Å². The summed E-state index contributed by atoms with van der Waals surface area (Å²) in [6.07, 6.45) is 6.61. The number of methoxy groups -OCH3 is 1. The molecule has 2 heterocycles. The summed E-state index contributed by atoms with van der Waals surface area (Å²) >= 11 is 6.61. The number of aryl methyl sites for hydroxylation is 1. The molecule has 0 aliphatic carbocycles. The van der Waals surface area contributed by atoms with E-state index in [1.807, 2.05) is 42.3 Å². The third kappa shape index (κ3) is 7.47. The van der Waals surface area contributed by atoms with Crippen molar-refractivity contribution in [2.45, 2.75) is 71.3 Å². The van der Waals surface area contributed by atoms with Crippen LogP contribution in [0.4, 0.5) is 0 Å². The molecule has 9 nitrogen and oxygen atoms in total. The lowest BCUT2D eigenvalue weighted by Gasteiger charge is -2.32. The van der Waals surface area contributed by atoms with Gasteiger partial charge in [-0.2, -0.15) is 0 Å². The van der Waals surface area contributed by atoms with Gasteiger partial charge in [0.15, 0.2) is 0 Å². The smallest absolute Gasteiger partial charge is 0.306 e. The quantitative estimate of drug-likeness (QED) is 0.105. The summed E-state index contributed by atoms with van der Waals surface area (Å²) in [6.45, 7) is 5.90. The Morgan fingerprint density at radius 2 is 1.87 bits per heavy atom. The van der Waals surface area contributed by atoms with E-state index in [0.29, 0.717) is 60.3 Å². The summed E-state index contributed by atoms with van der Waals surface area (Å²) < 4.78 is 18.7. The molecule has 5 rings (SSSR count). The molecule has 1 atom stereocenters. The number of nitrogens with zero attached hydrogens (tertiary/aromatic N) is 4. The molecule has 1 aliphatic heterocycles. The van der Waals surface area contributed by atoms with E-state index < -0.39 is 0 Å². The minimum absolute atomic E-state index is 0.118. The number of amides is 1. The SMILES string of the molecule is CCCCCCCOc1ccc(C(=O)N2CCc3c(cccc3[C@H](CC(=O)OCC)c3cc(OC)c4c(c3)nnn4C)C2)c(Cl)c1. The minimum Gasteiger partial charge on any atom is -0.494 e. The van der Waals surface area contributed by atoms with Gasteiger partial charge in [-0.3, -0.25) is 9.59 Å². The zero-order chi connectivity index (χ0) is 32.6. The third-order valence-electron chi connectivity index (χ3n) is 8.64. The molecule has 46 heavy (non-hydrogen) atoms. The van der Waals surface area contributed by atoms with Crippen LogP contribution in [0.15, 0.2) is 48.5 Å². The van der Waals surface area contributed by atoms with E-state index in [2.05, 4.69) is 23.3 Å². The van der Waals surface area contributed by atoms with Gasteiger partial charge in [0.05, 0.1) is 37.3 Å². The number of hydrogen-bond donors (Lipinski definition) is 0. The first-order valence-electron chi connectivity index (χ1n) is 16.2. The normalized spacial score (nSPS) is 13.4. The number of fused-ring (bicyclic) bond motifs is 2. The standard InChI is InChI=1S/C36H43ClN4O5/c1-5-7-8-9-10-18-46-26-14-15-29(31(37)21-26)36(43)41-17-16-27-24(23-41)12-11-13-28(27)30(22-34(42)45-6-2)25-19-32-35(33(20-25)44-4)40(3)39-38-32/h11-15,19-21,30H,5-10,16-18,22-23H2,1-4H3/t30-/m1/s1. The molecular formula is C36H43ClN4O5. The second-order valence-corrected chi connectivity index (χ2v) is 12.1. The summed E-state index contributed by atoms with van der Waals surface area (Å²) in [7, 11) is 3.43. The van der Waals surface area contributed by atoms with Gasteiger partial charge < -0.3 is 19.1 Å². The Hall–Kier alpha value is -4.11. The summed E-state index contributed by atoms with van der Waals surface area (Å²) in [6, 6.07) is 15.3. The average Bonchev–Trinajstić information content (AvgIpc) is 3.44. The number of carbonyl (C=O) groups is 2. The van der Waals surface area contributed by atoms with Gasteiger partial charge in [-0.05, 0) is 72.4 Å². The molecule has 0 unspecified atom stereocenters. The number of ether oxygens (including phenoxy) is 3. The monoisotopic (exact) mass is 646 g/mol. The van der Waals surface area contributed by atoms with E-state index in [9.17, 15) is 9.59 Å². The number of esters is 1. The van der Waals surface area contributed by atoms with Crippen molar-refractivity contribution in [3.8, 4) is 11.5 Å². The number of benzene rings is 3. The van der Waals surface area contributed by atoms with Gasteiger partial charge in [0, 0.05) is 26.1 Å². The molecule has 3 aromatic carbocycles. The van der Waals surface area contributed by atoms with Crippen LogP contribution < -0.4 is 9.47 Å². The lowest BCUT2D eigenvalue weighted by Crippen LogP contribution is -2.36. The number of halogens is 1. The van der Waals surface area contributed by atoms with Crippen molar-refractivity contribution >= 4 is 34.5 Å². The van der Waals surface area contributed by atoms with E-state index in [1.165, 1.54) is 19.3 Å². The lowest BCUT2D eigenvalue weighted by atomic mass is 9.82. The van der Waals surface area contributed by atoms with Crippen molar-refractivity contribution in [1.82, 2.24) is 19.9 Å². The molecule has 0 bridgehead atoms. The predicted octanol–water partition coefficient (Wildman–Crippen LogP) is 7.26. The second kappa shape index (κ2) is 15.5. The molecule has 4 aromatic rings. The summed E-state index contributed by atoms with van der Waals surface area (Å²) in [5, 5.41) is 8.87. The van der Waals surface area contributed by atoms with E-state index in [1.54, 1.807) is 30.8 Å². The fraction of sp³-hybridized carbons (Fsp3) is 0.444. The van der Waals surface area contributed by atoms with Crippen molar-refractivity contribution in [2.75, 3.05) is 26.9 Å². The average molecular weight is 647 g/mol. The molecule has 0 N–H and O–H groups in total. The maximum atomic E-state index is 13.7.